The zero-order valence-corrected chi connectivity index (χ0v) is 15.6. The number of halogens is 1. The van der Waals surface area contributed by atoms with Crippen LogP contribution in [-0.4, -0.2) is 43.4 Å². The van der Waals surface area contributed by atoms with Gasteiger partial charge in [-0.25, -0.2) is 14.4 Å². The molecule has 1 aliphatic heterocycles. The predicted octanol–water partition coefficient (Wildman–Crippen LogP) is 1.72. The quantitative estimate of drug-likeness (QED) is 0.722. The van der Waals surface area contributed by atoms with E-state index in [0.717, 1.165) is 0 Å². The number of aromatic nitrogens is 4. The van der Waals surface area contributed by atoms with Crippen LogP contribution in [0.4, 0.5) is 4.39 Å². The summed E-state index contributed by atoms with van der Waals surface area (Å²) in [7, 11) is 0. The summed E-state index contributed by atoms with van der Waals surface area (Å²) in [6.07, 6.45) is 4.20. The van der Waals surface area contributed by atoms with Crippen molar-refractivity contribution in [3.63, 3.8) is 0 Å². The minimum absolute atomic E-state index is 0.133. The monoisotopic (exact) mass is 395 g/mol. The lowest BCUT2D eigenvalue weighted by atomic mass is 10.1. The Morgan fingerprint density at radius 2 is 2.21 bits per heavy atom. The highest BCUT2D eigenvalue weighted by atomic mass is 19.1. The number of amides is 1. The van der Waals surface area contributed by atoms with Crippen LogP contribution in [0.15, 0.2) is 47.7 Å². The van der Waals surface area contributed by atoms with E-state index >= 15 is 0 Å². The van der Waals surface area contributed by atoms with Crippen molar-refractivity contribution < 1.29 is 13.9 Å². The Kier molecular flexibility index (Phi) is 5.03. The second kappa shape index (κ2) is 7.78. The van der Waals surface area contributed by atoms with E-state index < -0.39 is 11.9 Å². The van der Waals surface area contributed by atoms with Crippen LogP contribution in [-0.2, 0) is 17.8 Å². The Balaban J connectivity index is 1.51. The number of carbonyl (C=O) groups excluding carboxylic acids is 1. The van der Waals surface area contributed by atoms with Crippen molar-refractivity contribution in [3.8, 4) is 17.3 Å². The van der Waals surface area contributed by atoms with Crippen LogP contribution in [0.1, 0.15) is 18.2 Å². The minimum atomic E-state index is -0.816. The summed E-state index contributed by atoms with van der Waals surface area (Å²) in [5.74, 6) is -0.0938. The number of nitrogens with one attached hydrogen (secondary N) is 1. The number of hydrogen-bond acceptors (Lipinski definition) is 6. The molecule has 1 N–H and O–H groups in total. The normalized spacial score (nSPS) is 14.2. The highest BCUT2D eigenvalue weighted by molar-refractivity contribution is 5.81. The van der Waals surface area contributed by atoms with Crippen LogP contribution in [0.5, 0.6) is 5.75 Å². The fourth-order valence-corrected chi connectivity index (χ4v) is 3.21. The minimum Gasteiger partial charge on any atom is -0.481 e. The van der Waals surface area contributed by atoms with Crippen LogP contribution >= 0.6 is 0 Å². The highest BCUT2D eigenvalue weighted by Gasteiger charge is 2.28. The van der Waals surface area contributed by atoms with E-state index in [1.807, 2.05) is 0 Å². The molecule has 1 aliphatic rings. The maximum atomic E-state index is 13.3. The molecule has 3 heterocycles. The third-order valence-electron chi connectivity index (χ3n) is 4.64. The van der Waals surface area contributed by atoms with Gasteiger partial charge in [-0.05, 0) is 19.1 Å². The van der Waals surface area contributed by atoms with Crippen molar-refractivity contribution in [1.82, 2.24) is 24.8 Å². The van der Waals surface area contributed by atoms with Gasteiger partial charge in [0.25, 0.3) is 11.5 Å². The van der Waals surface area contributed by atoms with Crippen molar-refractivity contribution >= 4 is 5.91 Å². The Morgan fingerprint density at radius 3 is 2.97 bits per heavy atom. The maximum Gasteiger partial charge on any atom is 0.263 e. The van der Waals surface area contributed by atoms with Crippen molar-refractivity contribution in [3.05, 3.63) is 70.3 Å². The lowest BCUT2D eigenvalue weighted by Crippen LogP contribution is -2.45. The fourth-order valence-electron chi connectivity index (χ4n) is 3.21. The molecule has 0 saturated carbocycles. The smallest absolute Gasteiger partial charge is 0.263 e. The Hall–Kier alpha value is -3.62. The van der Waals surface area contributed by atoms with Gasteiger partial charge in [-0.3, -0.25) is 14.6 Å². The zero-order chi connectivity index (χ0) is 20.4. The molecule has 8 nitrogen and oxygen atoms in total. The van der Waals surface area contributed by atoms with Gasteiger partial charge in [0.2, 0.25) is 0 Å². The summed E-state index contributed by atoms with van der Waals surface area (Å²) in [4.78, 5) is 42.2. The molecule has 29 heavy (non-hydrogen) atoms. The van der Waals surface area contributed by atoms with Gasteiger partial charge in [0.15, 0.2) is 11.9 Å². The lowest BCUT2D eigenvalue weighted by molar-refractivity contribution is -0.138. The number of carbonyl (C=O) groups is 1. The molecule has 9 heteroatoms. The van der Waals surface area contributed by atoms with Crippen LogP contribution in [0.25, 0.3) is 11.5 Å². The molecule has 1 atom stereocenters. The molecule has 0 saturated heterocycles. The van der Waals surface area contributed by atoms with Gasteiger partial charge in [-0.15, -0.1) is 0 Å². The summed E-state index contributed by atoms with van der Waals surface area (Å²) >= 11 is 0. The summed E-state index contributed by atoms with van der Waals surface area (Å²) in [6, 6.07) is 5.62. The van der Waals surface area contributed by atoms with Crippen LogP contribution in [0.2, 0.25) is 0 Å². The molecule has 0 bridgehead atoms. The summed E-state index contributed by atoms with van der Waals surface area (Å²) in [5.41, 5.74) is 1.24. The number of ether oxygens (including phenoxy) is 1. The molecule has 0 spiro atoms. The second-order valence-corrected chi connectivity index (χ2v) is 6.66. The van der Waals surface area contributed by atoms with Crippen molar-refractivity contribution in [2.45, 2.75) is 26.0 Å². The van der Waals surface area contributed by atoms with Gasteiger partial charge < -0.3 is 14.6 Å². The number of hydrogen-bond donors (Lipinski definition) is 1. The zero-order valence-electron chi connectivity index (χ0n) is 15.6. The Bertz CT molecular complexity index is 1100. The first kappa shape index (κ1) is 18.7. The third-order valence-corrected chi connectivity index (χ3v) is 4.64. The number of nitrogens with zero attached hydrogens (tertiary/aromatic N) is 4. The van der Waals surface area contributed by atoms with Gasteiger partial charge in [0, 0.05) is 31.4 Å². The van der Waals surface area contributed by atoms with Crippen molar-refractivity contribution in [1.29, 1.82) is 0 Å². The molecule has 0 aliphatic carbocycles. The molecule has 2 aromatic heterocycles. The molecular weight excluding hydrogens is 377 g/mol. The van der Waals surface area contributed by atoms with Crippen LogP contribution < -0.4 is 10.3 Å². The molecule has 1 aromatic carbocycles. The molecule has 148 valence electrons. The van der Waals surface area contributed by atoms with E-state index in [2.05, 4.69) is 19.9 Å². The number of H-pyrrole nitrogens is 1. The first-order valence-corrected chi connectivity index (χ1v) is 9.11. The number of fused-ring (bicyclic) bond motifs is 1. The molecular formula is C20H18FN5O3. The topological polar surface area (TPSA) is 101 Å². The SMILES string of the molecule is CC(Oc1cccc(F)c1)C(=O)N1CCc2nc(-c3cnccn3)[nH]c(=O)c2C1. The van der Waals surface area contributed by atoms with Gasteiger partial charge in [-0.1, -0.05) is 6.07 Å². The van der Waals surface area contributed by atoms with E-state index in [0.29, 0.717) is 35.7 Å². The third kappa shape index (κ3) is 3.98. The van der Waals surface area contributed by atoms with Gasteiger partial charge >= 0.3 is 0 Å². The lowest BCUT2D eigenvalue weighted by Gasteiger charge is -2.30. The largest absolute Gasteiger partial charge is 0.481 e. The molecule has 1 amide bonds. The number of rotatable bonds is 4. The van der Waals surface area contributed by atoms with Gasteiger partial charge in [0.1, 0.15) is 17.3 Å². The molecule has 4 rings (SSSR count). The fraction of sp³-hybridized carbons (Fsp3) is 0.250. The molecule has 3 aromatic rings. The standard InChI is InChI=1S/C20H18FN5O3/c1-12(29-14-4-2-3-13(21)9-14)20(28)26-8-5-16-15(11-26)19(27)25-18(24-16)17-10-22-6-7-23-17/h2-4,6-7,9-10,12H,5,8,11H2,1H3,(H,24,25,27). The Morgan fingerprint density at radius 1 is 1.34 bits per heavy atom. The summed E-state index contributed by atoms with van der Waals surface area (Å²) in [6.45, 7) is 2.13. The van der Waals surface area contributed by atoms with E-state index in [1.54, 1.807) is 17.9 Å². The Labute approximate surface area is 165 Å². The highest BCUT2D eigenvalue weighted by Crippen LogP contribution is 2.19. The van der Waals surface area contributed by atoms with E-state index in [9.17, 15) is 14.0 Å². The maximum absolute atomic E-state index is 13.3. The van der Waals surface area contributed by atoms with E-state index in [4.69, 9.17) is 4.74 Å². The van der Waals surface area contributed by atoms with Gasteiger partial charge in [0.05, 0.1) is 24.0 Å². The van der Waals surface area contributed by atoms with Crippen molar-refractivity contribution in [2.24, 2.45) is 0 Å². The first-order chi connectivity index (χ1) is 14.0. The average molecular weight is 395 g/mol. The second-order valence-electron chi connectivity index (χ2n) is 6.66. The molecule has 0 fully saturated rings. The molecule has 0 radical (unpaired) electrons. The average Bonchev–Trinajstić information content (AvgIpc) is 2.73. The summed E-state index contributed by atoms with van der Waals surface area (Å²) < 4.78 is 18.9. The van der Waals surface area contributed by atoms with Crippen LogP contribution in [0, 0.1) is 5.82 Å². The van der Waals surface area contributed by atoms with Gasteiger partial charge in [-0.2, -0.15) is 0 Å². The van der Waals surface area contributed by atoms with Crippen LogP contribution in [0.3, 0.4) is 0 Å². The van der Waals surface area contributed by atoms with E-state index in [1.165, 1.54) is 36.8 Å². The first-order valence-electron chi connectivity index (χ1n) is 9.11. The predicted molar refractivity (Wildman–Crippen MR) is 101 cm³/mol. The summed E-state index contributed by atoms with van der Waals surface area (Å²) in [5, 5.41) is 0. The number of aromatic amines is 1. The molecule has 1 unspecified atom stereocenters. The van der Waals surface area contributed by atoms with Crippen molar-refractivity contribution in [2.75, 3.05) is 6.54 Å². The van der Waals surface area contributed by atoms with E-state index in [-0.39, 0.29) is 23.8 Å². The number of benzene rings is 1.